The van der Waals surface area contributed by atoms with Crippen LogP contribution in [0.1, 0.15) is 34.8 Å². The number of carbonyl (C=O) groups excluding carboxylic acids is 2. The number of likely N-dealkylation sites (tertiary alicyclic amines) is 2. The van der Waals surface area contributed by atoms with E-state index in [9.17, 15) is 24.8 Å². The molecule has 39 heavy (non-hydrogen) atoms. The van der Waals surface area contributed by atoms with Crippen LogP contribution in [0, 0.1) is 29.1 Å². The number of methoxy groups -OCH3 is 1. The lowest BCUT2D eigenvalue weighted by atomic mass is 9.96. The minimum Gasteiger partial charge on any atom is -0.494 e. The molecule has 3 aromatic heterocycles. The fraction of sp³-hybridized carbons (Fsp3) is 0.385. The Kier molecular flexibility index (Phi) is 6.92. The number of aliphatic hydroxyl groups is 1. The molecule has 2 aliphatic rings. The van der Waals surface area contributed by atoms with Crippen LogP contribution in [0.25, 0.3) is 16.8 Å². The Morgan fingerprint density at radius 1 is 1.18 bits per heavy atom. The average molecular weight is 532 g/mol. The third kappa shape index (κ3) is 4.76. The van der Waals surface area contributed by atoms with Gasteiger partial charge in [-0.15, -0.1) is 0 Å². The molecule has 0 atom stereocenters. The molecule has 13 nitrogen and oxygen atoms in total. The fourth-order valence-electron chi connectivity index (χ4n) is 5.00. The van der Waals surface area contributed by atoms with Crippen molar-refractivity contribution < 1.29 is 29.3 Å². The smallest absolute Gasteiger partial charge is 0.339 e. The predicted octanol–water partition coefficient (Wildman–Crippen LogP) is 0.394. The molecule has 2 aliphatic heterocycles. The topological polar surface area (TPSA) is 166 Å². The van der Waals surface area contributed by atoms with Crippen molar-refractivity contribution in [2.45, 2.75) is 18.9 Å². The molecule has 0 saturated carbocycles. The SMILES string of the molecule is COc1cc(-c2nn(C3CCN(C(=O)C4CN(C(=O)C#CCO)C4)CC3)cc2C(=O)O)cn2ncc(C#N)c12. The lowest BCUT2D eigenvalue weighted by Gasteiger charge is -2.41. The number of aliphatic hydroxyl groups excluding tert-OH is 1. The van der Waals surface area contributed by atoms with Crippen LogP contribution in [0.3, 0.4) is 0 Å². The molecule has 5 rings (SSSR count). The zero-order valence-corrected chi connectivity index (χ0v) is 21.1. The number of pyridine rings is 1. The number of amides is 2. The van der Waals surface area contributed by atoms with Crippen molar-refractivity contribution in [2.75, 3.05) is 39.9 Å². The third-order valence-electron chi connectivity index (χ3n) is 7.10. The number of nitriles is 1. The van der Waals surface area contributed by atoms with Crippen molar-refractivity contribution in [3.8, 4) is 34.9 Å². The number of aromatic carboxylic acids is 1. The van der Waals surface area contributed by atoms with Crippen molar-refractivity contribution >= 4 is 23.3 Å². The van der Waals surface area contributed by atoms with Gasteiger partial charge >= 0.3 is 5.97 Å². The van der Waals surface area contributed by atoms with E-state index in [-0.39, 0.29) is 35.7 Å². The molecule has 200 valence electrons. The van der Waals surface area contributed by atoms with Gasteiger partial charge in [-0.05, 0) is 24.8 Å². The summed E-state index contributed by atoms with van der Waals surface area (Å²) in [4.78, 5) is 40.1. The van der Waals surface area contributed by atoms with Crippen LogP contribution < -0.4 is 4.74 Å². The molecular formula is C26H25N7O6. The van der Waals surface area contributed by atoms with Crippen LogP contribution in [-0.2, 0) is 9.59 Å². The number of rotatable bonds is 5. The summed E-state index contributed by atoms with van der Waals surface area (Å²) in [6.07, 6.45) is 5.72. The van der Waals surface area contributed by atoms with Gasteiger partial charge in [-0.3, -0.25) is 14.3 Å². The van der Waals surface area contributed by atoms with Crippen LogP contribution in [-0.4, -0.2) is 97.1 Å². The molecule has 2 N–H and O–H groups in total. The van der Waals surface area contributed by atoms with Crippen molar-refractivity contribution in [2.24, 2.45) is 5.92 Å². The molecule has 5 heterocycles. The van der Waals surface area contributed by atoms with E-state index in [1.807, 2.05) is 0 Å². The van der Waals surface area contributed by atoms with E-state index in [1.165, 1.54) is 28.9 Å². The van der Waals surface area contributed by atoms with E-state index in [2.05, 4.69) is 28.1 Å². The summed E-state index contributed by atoms with van der Waals surface area (Å²) < 4.78 is 8.56. The number of carbonyl (C=O) groups is 3. The van der Waals surface area contributed by atoms with Crippen LogP contribution in [0.15, 0.2) is 24.7 Å². The molecule has 0 aromatic carbocycles. The highest BCUT2D eigenvalue weighted by Crippen LogP contribution is 2.33. The maximum Gasteiger partial charge on any atom is 0.339 e. The molecule has 0 unspecified atom stereocenters. The summed E-state index contributed by atoms with van der Waals surface area (Å²) in [6, 6.07) is 3.60. The zero-order chi connectivity index (χ0) is 27.7. The highest BCUT2D eigenvalue weighted by Gasteiger charge is 2.38. The lowest BCUT2D eigenvalue weighted by molar-refractivity contribution is -0.146. The molecule has 3 aromatic rings. The summed E-state index contributed by atoms with van der Waals surface area (Å²) in [6.45, 7) is 1.20. The van der Waals surface area contributed by atoms with Gasteiger partial charge in [0.1, 0.15) is 40.8 Å². The standard InChI is InChI=1S/C26H25N7O6/c1-39-21-9-16(14-33-24(21)17(10-27)11-28-33)23-20(26(37)38)15-32(29-23)19-4-6-30(7-5-19)25(36)18-12-31(13-18)22(35)3-2-8-34/h9,11,14-15,18-19,34H,4-8,12-13H2,1H3,(H,37,38). The Balaban J connectivity index is 1.29. The van der Waals surface area contributed by atoms with Gasteiger partial charge < -0.3 is 24.7 Å². The van der Waals surface area contributed by atoms with E-state index < -0.39 is 11.9 Å². The summed E-state index contributed by atoms with van der Waals surface area (Å²) in [5.74, 6) is 3.20. The van der Waals surface area contributed by atoms with E-state index in [1.54, 1.807) is 21.8 Å². The Morgan fingerprint density at radius 3 is 2.56 bits per heavy atom. The maximum absolute atomic E-state index is 12.9. The van der Waals surface area contributed by atoms with E-state index in [0.29, 0.717) is 61.4 Å². The van der Waals surface area contributed by atoms with E-state index >= 15 is 0 Å². The lowest BCUT2D eigenvalue weighted by Crippen LogP contribution is -2.57. The average Bonchev–Trinajstić information content (AvgIpc) is 3.55. The molecule has 2 amide bonds. The van der Waals surface area contributed by atoms with E-state index in [0.717, 1.165) is 0 Å². The number of aromatic nitrogens is 4. The quantitative estimate of drug-likeness (QED) is 0.443. The van der Waals surface area contributed by atoms with Crippen LogP contribution in [0.5, 0.6) is 5.75 Å². The minimum atomic E-state index is -1.13. The molecule has 2 saturated heterocycles. The second-order valence-electron chi connectivity index (χ2n) is 9.36. The summed E-state index contributed by atoms with van der Waals surface area (Å²) in [5.41, 5.74) is 1.56. The summed E-state index contributed by atoms with van der Waals surface area (Å²) in [5, 5.41) is 36.8. The number of carboxylic acids is 1. The van der Waals surface area contributed by atoms with Gasteiger partial charge in [0.2, 0.25) is 5.91 Å². The second-order valence-corrected chi connectivity index (χ2v) is 9.36. The normalized spacial score (nSPS) is 15.8. The molecule has 0 bridgehead atoms. The van der Waals surface area contributed by atoms with Gasteiger partial charge in [-0.2, -0.15) is 15.5 Å². The third-order valence-corrected chi connectivity index (χ3v) is 7.10. The molecule has 0 spiro atoms. The number of ether oxygens (including phenoxy) is 1. The Labute approximate surface area is 222 Å². The molecule has 2 fully saturated rings. The number of nitrogens with zero attached hydrogens (tertiary/aromatic N) is 7. The highest BCUT2D eigenvalue weighted by atomic mass is 16.5. The van der Waals surface area contributed by atoms with Crippen molar-refractivity contribution in [3.63, 3.8) is 0 Å². The van der Waals surface area contributed by atoms with Crippen molar-refractivity contribution in [1.29, 1.82) is 5.26 Å². The van der Waals surface area contributed by atoms with Crippen LogP contribution >= 0.6 is 0 Å². The monoisotopic (exact) mass is 531 g/mol. The van der Waals surface area contributed by atoms with Gasteiger partial charge in [-0.25, -0.2) is 9.31 Å². The van der Waals surface area contributed by atoms with Crippen molar-refractivity contribution in [1.82, 2.24) is 29.2 Å². The van der Waals surface area contributed by atoms with Gasteiger partial charge in [0, 0.05) is 44.1 Å². The Morgan fingerprint density at radius 2 is 1.92 bits per heavy atom. The molecule has 13 heteroatoms. The minimum absolute atomic E-state index is 0.0173. The zero-order valence-electron chi connectivity index (χ0n) is 21.1. The van der Waals surface area contributed by atoms with Gasteiger partial charge in [-0.1, -0.05) is 5.92 Å². The molecular weight excluding hydrogens is 506 g/mol. The van der Waals surface area contributed by atoms with Gasteiger partial charge in [0.05, 0.1) is 25.3 Å². The summed E-state index contributed by atoms with van der Waals surface area (Å²) >= 11 is 0. The fourth-order valence-corrected chi connectivity index (χ4v) is 5.00. The van der Waals surface area contributed by atoms with Crippen LogP contribution in [0.4, 0.5) is 0 Å². The van der Waals surface area contributed by atoms with E-state index in [4.69, 9.17) is 9.84 Å². The Bertz CT molecular complexity index is 1560. The second kappa shape index (κ2) is 10.5. The first-order valence-electron chi connectivity index (χ1n) is 12.3. The van der Waals surface area contributed by atoms with Crippen LogP contribution in [0.2, 0.25) is 0 Å². The number of hydrogen-bond donors (Lipinski definition) is 2. The first-order valence-corrected chi connectivity index (χ1v) is 12.3. The first-order chi connectivity index (χ1) is 18.8. The Hall–Kier alpha value is -4.88. The number of hydrogen-bond acceptors (Lipinski definition) is 8. The largest absolute Gasteiger partial charge is 0.494 e. The van der Waals surface area contributed by atoms with Gasteiger partial charge in [0.25, 0.3) is 5.91 Å². The summed E-state index contributed by atoms with van der Waals surface area (Å²) in [7, 11) is 1.46. The van der Waals surface area contributed by atoms with Crippen molar-refractivity contribution in [3.05, 3.63) is 35.8 Å². The van der Waals surface area contributed by atoms with Gasteiger partial charge in [0.15, 0.2) is 0 Å². The molecule has 0 radical (unpaired) electrons. The first kappa shape index (κ1) is 25.8. The number of carboxylic acid groups (broad SMARTS) is 1. The predicted molar refractivity (Wildman–Crippen MR) is 134 cm³/mol. The molecule has 0 aliphatic carbocycles. The number of piperidine rings is 1. The highest BCUT2D eigenvalue weighted by molar-refractivity contribution is 5.96. The number of fused-ring (bicyclic) bond motifs is 1. The maximum atomic E-state index is 12.9.